The molecule has 0 atom stereocenters. The van der Waals surface area contributed by atoms with E-state index >= 15 is 0 Å². The third-order valence-corrected chi connectivity index (χ3v) is 6.14. The molecule has 1 aromatic heterocycles. The Bertz CT molecular complexity index is 1120. The van der Waals surface area contributed by atoms with Gasteiger partial charge in [-0.25, -0.2) is 13.4 Å². The largest absolute Gasteiger partial charge is 0.352 e. The Labute approximate surface area is 183 Å². The minimum Gasteiger partial charge on any atom is -0.352 e. The van der Waals surface area contributed by atoms with Gasteiger partial charge in [0, 0.05) is 31.0 Å². The van der Waals surface area contributed by atoms with Crippen LogP contribution in [0.25, 0.3) is 0 Å². The summed E-state index contributed by atoms with van der Waals surface area (Å²) in [5.41, 5.74) is 3.91. The summed E-state index contributed by atoms with van der Waals surface area (Å²) in [5, 5.41) is 2.91. The zero-order valence-corrected chi connectivity index (χ0v) is 18.9. The molecular formula is C23H28N4O3S. The van der Waals surface area contributed by atoms with Crippen LogP contribution < -0.4 is 9.62 Å². The van der Waals surface area contributed by atoms with Crippen LogP contribution in [0.15, 0.2) is 61.2 Å². The highest BCUT2D eigenvalue weighted by molar-refractivity contribution is 7.92. The number of amides is 1. The average molecular weight is 441 g/mol. The van der Waals surface area contributed by atoms with Crippen LogP contribution in [0.5, 0.6) is 0 Å². The van der Waals surface area contributed by atoms with Crippen molar-refractivity contribution < 1.29 is 13.2 Å². The van der Waals surface area contributed by atoms with Gasteiger partial charge in [-0.15, -0.1) is 0 Å². The number of hydrogen-bond donors (Lipinski definition) is 1. The van der Waals surface area contributed by atoms with Crippen molar-refractivity contribution in [1.29, 1.82) is 0 Å². The molecule has 1 N–H and O–H groups in total. The maximum Gasteiger partial charge on any atom is 0.251 e. The lowest BCUT2D eigenvalue weighted by Gasteiger charge is -2.25. The molecule has 1 heterocycles. The lowest BCUT2D eigenvalue weighted by molar-refractivity contribution is 0.0952. The monoisotopic (exact) mass is 440 g/mol. The second kappa shape index (κ2) is 9.78. The van der Waals surface area contributed by atoms with Gasteiger partial charge in [0.2, 0.25) is 10.0 Å². The van der Waals surface area contributed by atoms with Gasteiger partial charge in [0.05, 0.1) is 24.8 Å². The Morgan fingerprint density at radius 1 is 1.13 bits per heavy atom. The Morgan fingerprint density at radius 2 is 1.87 bits per heavy atom. The van der Waals surface area contributed by atoms with Crippen molar-refractivity contribution in [3.63, 3.8) is 0 Å². The fourth-order valence-electron chi connectivity index (χ4n) is 3.28. The van der Waals surface area contributed by atoms with Crippen molar-refractivity contribution in [2.24, 2.45) is 0 Å². The first-order valence-electron chi connectivity index (χ1n) is 10.1. The lowest BCUT2D eigenvalue weighted by Crippen LogP contribution is -2.30. The van der Waals surface area contributed by atoms with Crippen LogP contribution in [0.1, 0.15) is 33.5 Å². The molecule has 0 radical (unpaired) electrons. The summed E-state index contributed by atoms with van der Waals surface area (Å²) in [6, 6.07) is 12.8. The molecule has 0 fully saturated rings. The van der Waals surface area contributed by atoms with E-state index in [2.05, 4.69) is 10.3 Å². The van der Waals surface area contributed by atoms with E-state index in [1.807, 2.05) is 42.8 Å². The molecule has 0 aliphatic rings. The molecule has 2 aromatic carbocycles. The molecule has 3 aromatic rings. The first kappa shape index (κ1) is 22.6. The van der Waals surface area contributed by atoms with E-state index < -0.39 is 10.0 Å². The third kappa shape index (κ3) is 6.18. The van der Waals surface area contributed by atoms with Gasteiger partial charge >= 0.3 is 0 Å². The number of aryl methyl sites for hydroxylation is 3. The van der Waals surface area contributed by atoms with Crippen LogP contribution in [0.2, 0.25) is 0 Å². The highest BCUT2D eigenvalue weighted by Crippen LogP contribution is 2.26. The summed E-state index contributed by atoms with van der Waals surface area (Å²) in [5.74, 6) is -0.147. The van der Waals surface area contributed by atoms with Gasteiger partial charge in [-0.1, -0.05) is 24.3 Å². The number of nitrogens with zero attached hydrogens (tertiary/aromatic N) is 3. The van der Waals surface area contributed by atoms with E-state index in [1.165, 1.54) is 10.6 Å². The van der Waals surface area contributed by atoms with Crippen molar-refractivity contribution in [2.75, 3.05) is 17.1 Å². The third-order valence-electron chi connectivity index (χ3n) is 5.01. The summed E-state index contributed by atoms with van der Waals surface area (Å²) in [7, 11) is -3.47. The fraction of sp³-hybridized carbons (Fsp3) is 0.304. The van der Waals surface area contributed by atoms with Gasteiger partial charge in [-0.2, -0.15) is 0 Å². The minimum absolute atomic E-state index is 0.147. The van der Waals surface area contributed by atoms with Crippen molar-refractivity contribution in [1.82, 2.24) is 14.9 Å². The molecule has 8 heteroatoms. The number of rotatable bonds is 9. The van der Waals surface area contributed by atoms with Crippen molar-refractivity contribution >= 4 is 21.6 Å². The average Bonchev–Trinajstić information content (AvgIpc) is 3.24. The molecule has 0 saturated carbocycles. The van der Waals surface area contributed by atoms with E-state index in [1.54, 1.807) is 36.8 Å². The molecular weight excluding hydrogens is 412 g/mol. The van der Waals surface area contributed by atoms with E-state index in [-0.39, 0.29) is 12.5 Å². The predicted octanol–water partition coefficient (Wildman–Crippen LogP) is 3.29. The molecule has 7 nitrogen and oxygen atoms in total. The molecule has 0 unspecified atom stereocenters. The number of imidazole rings is 1. The number of sulfonamides is 1. The van der Waals surface area contributed by atoms with Crippen LogP contribution in [0, 0.1) is 13.8 Å². The van der Waals surface area contributed by atoms with Crippen LogP contribution in [-0.2, 0) is 23.1 Å². The second-order valence-electron chi connectivity index (χ2n) is 7.67. The van der Waals surface area contributed by atoms with Crippen LogP contribution >= 0.6 is 0 Å². The van der Waals surface area contributed by atoms with Crippen molar-refractivity contribution in [3.05, 3.63) is 83.4 Å². The standard InChI is InChI=1S/C23H28N4O3S/c1-18-5-6-19(2)22(15-18)27(31(3,29)30)16-20-7-9-21(10-8-20)23(28)25-11-4-13-26-14-12-24-17-26/h5-10,12,14-15,17H,4,11,13,16H2,1-3H3,(H,25,28). The van der Waals surface area contributed by atoms with Gasteiger partial charge < -0.3 is 9.88 Å². The number of benzene rings is 2. The highest BCUT2D eigenvalue weighted by Gasteiger charge is 2.20. The summed E-state index contributed by atoms with van der Waals surface area (Å²) in [4.78, 5) is 16.4. The normalized spacial score (nSPS) is 11.3. The number of anilines is 1. The van der Waals surface area contributed by atoms with Crippen LogP contribution in [-0.4, -0.2) is 36.7 Å². The number of aromatic nitrogens is 2. The first-order chi connectivity index (χ1) is 14.7. The SMILES string of the molecule is Cc1ccc(C)c(N(Cc2ccc(C(=O)NCCCn3ccnc3)cc2)S(C)(=O)=O)c1. The summed E-state index contributed by atoms with van der Waals surface area (Å²) >= 11 is 0. The summed E-state index contributed by atoms with van der Waals surface area (Å²) < 4.78 is 28.3. The Morgan fingerprint density at radius 3 is 2.52 bits per heavy atom. The van der Waals surface area contributed by atoms with Crippen LogP contribution in [0.3, 0.4) is 0 Å². The summed E-state index contributed by atoms with van der Waals surface area (Å²) in [6.07, 6.45) is 7.38. The van der Waals surface area contributed by atoms with Gasteiger partial charge in [0.15, 0.2) is 0 Å². The molecule has 0 bridgehead atoms. The zero-order chi connectivity index (χ0) is 22.4. The minimum atomic E-state index is -3.47. The van der Waals surface area contributed by atoms with E-state index in [0.717, 1.165) is 29.7 Å². The Hall–Kier alpha value is -3.13. The Kier molecular flexibility index (Phi) is 7.12. The van der Waals surface area contributed by atoms with Gasteiger partial charge in [-0.3, -0.25) is 9.10 Å². The van der Waals surface area contributed by atoms with E-state index in [4.69, 9.17) is 0 Å². The Balaban J connectivity index is 1.64. The molecule has 1 amide bonds. The van der Waals surface area contributed by atoms with Gasteiger partial charge in [-0.05, 0) is 55.2 Å². The maximum atomic E-state index is 12.5. The molecule has 0 spiro atoms. The number of carbonyl (C=O) groups excluding carboxylic acids is 1. The van der Waals surface area contributed by atoms with E-state index in [0.29, 0.717) is 17.8 Å². The van der Waals surface area contributed by atoms with Crippen molar-refractivity contribution in [3.8, 4) is 0 Å². The molecule has 0 aliphatic carbocycles. The summed E-state index contributed by atoms with van der Waals surface area (Å²) in [6.45, 7) is 5.39. The maximum absolute atomic E-state index is 12.5. The number of hydrogen-bond acceptors (Lipinski definition) is 4. The van der Waals surface area contributed by atoms with Gasteiger partial charge in [0.25, 0.3) is 5.91 Å². The second-order valence-corrected chi connectivity index (χ2v) is 9.57. The predicted molar refractivity (Wildman–Crippen MR) is 123 cm³/mol. The molecule has 164 valence electrons. The lowest BCUT2D eigenvalue weighted by atomic mass is 10.1. The fourth-order valence-corrected chi connectivity index (χ4v) is 4.22. The molecule has 31 heavy (non-hydrogen) atoms. The zero-order valence-electron chi connectivity index (χ0n) is 18.1. The number of nitrogens with one attached hydrogen (secondary N) is 1. The molecule has 3 rings (SSSR count). The number of carbonyl (C=O) groups is 1. The smallest absolute Gasteiger partial charge is 0.251 e. The molecule has 0 aliphatic heterocycles. The van der Waals surface area contributed by atoms with Crippen LogP contribution in [0.4, 0.5) is 5.69 Å². The highest BCUT2D eigenvalue weighted by atomic mass is 32.2. The first-order valence-corrected chi connectivity index (χ1v) is 12.0. The van der Waals surface area contributed by atoms with Gasteiger partial charge in [0.1, 0.15) is 0 Å². The quantitative estimate of drug-likeness (QED) is 0.518. The van der Waals surface area contributed by atoms with Crippen molar-refractivity contribution in [2.45, 2.75) is 33.4 Å². The van der Waals surface area contributed by atoms with E-state index in [9.17, 15) is 13.2 Å². The topological polar surface area (TPSA) is 84.3 Å². The molecule has 0 saturated heterocycles.